The van der Waals surface area contributed by atoms with Gasteiger partial charge in [0.25, 0.3) is 0 Å². The van der Waals surface area contributed by atoms with Crippen LogP contribution in [0.5, 0.6) is 0 Å². The van der Waals surface area contributed by atoms with Crippen LogP contribution in [0.4, 0.5) is 26.3 Å². The van der Waals surface area contributed by atoms with Crippen molar-refractivity contribution < 1.29 is 50.3 Å². The van der Waals surface area contributed by atoms with E-state index < -0.39 is 35.3 Å². The van der Waals surface area contributed by atoms with Gasteiger partial charge in [0.15, 0.2) is 0 Å². The molecule has 1 saturated heterocycles. The Labute approximate surface area is 85.3 Å². The van der Waals surface area contributed by atoms with Crippen molar-refractivity contribution in [2.45, 2.75) is 13.7 Å². The summed E-state index contributed by atoms with van der Waals surface area (Å²) in [6.07, 6.45) is 0. The summed E-state index contributed by atoms with van der Waals surface area (Å²) in [7, 11) is 0. The predicted octanol–water partition coefficient (Wildman–Crippen LogP) is -2.27. The summed E-state index contributed by atoms with van der Waals surface area (Å²) in [4.78, 5) is 0. The Kier molecular flexibility index (Phi) is 3.11. The largest absolute Gasteiger partial charge is 0.235 e. The molecular weight excluding hydrogens is 399 g/mol. The van der Waals surface area contributed by atoms with Crippen LogP contribution >= 0.6 is 0 Å². The number of alkyl halides is 6. The molecule has 8 heteroatoms. The fraction of sp³-hybridized carbons (Fsp3) is 1.00. The molecule has 11 heavy (non-hydrogen) atoms. The molecule has 0 nitrogen and oxygen atoms in total. The fourth-order valence-corrected chi connectivity index (χ4v) is 2.87. The minimum Gasteiger partial charge on any atom is 0.235 e. The third-order valence-electron chi connectivity index (χ3n) is 1.10. The van der Waals surface area contributed by atoms with Crippen molar-refractivity contribution in [1.82, 2.24) is 0 Å². The number of hydrogen-bond donors (Lipinski definition) is 0. The molecule has 1 aliphatic rings. The monoisotopic (exact) mass is 401 g/mol. The van der Waals surface area contributed by atoms with Gasteiger partial charge in [-0.3, -0.25) is 0 Å². The molecule has 0 unspecified atom stereocenters. The van der Waals surface area contributed by atoms with E-state index in [9.17, 15) is 26.3 Å². The van der Waals surface area contributed by atoms with Crippen LogP contribution < -0.4 is 24.0 Å². The van der Waals surface area contributed by atoms with Crippen molar-refractivity contribution >= 4 is 21.6 Å². The van der Waals surface area contributed by atoms with Gasteiger partial charge in [-0.25, -0.2) is 0 Å². The predicted molar refractivity (Wildman–Crippen MR) is 24.8 cm³/mol. The molecule has 0 spiro atoms. The van der Waals surface area contributed by atoms with Crippen molar-refractivity contribution in [3.63, 3.8) is 0 Å². The summed E-state index contributed by atoms with van der Waals surface area (Å²) in [6.45, 7) is 0. The smallest absolute Gasteiger partial charge is 0.235 e. The zero-order valence-electron chi connectivity index (χ0n) is 4.72. The van der Waals surface area contributed by atoms with E-state index in [1.807, 2.05) is 0 Å². The van der Waals surface area contributed by atoms with Crippen molar-refractivity contribution in [1.29, 1.82) is 0 Å². The van der Waals surface area contributed by atoms with Crippen molar-refractivity contribution in [3.8, 4) is 0 Å². The van der Waals surface area contributed by atoms with Gasteiger partial charge < -0.3 is 0 Å². The third-order valence-corrected chi connectivity index (χ3v) is 4.69. The van der Waals surface area contributed by atoms with Gasteiger partial charge in [-0.2, -0.15) is 0 Å². The molecule has 0 aliphatic carbocycles. The van der Waals surface area contributed by atoms with Crippen molar-refractivity contribution in [2.75, 3.05) is 0 Å². The van der Waals surface area contributed by atoms with E-state index in [2.05, 4.69) is 0 Å². The maximum Gasteiger partial charge on any atom is 0.235 e. The summed E-state index contributed by atoms with van der Waals surface area (Å²) in [6, 6.07) is 0. The van der Waals surface area contributed by atoms with Gasteiger partial charge in [0, 0.05) is 0 Å². The summed E-state index contributed by atoms with van der Waals surface area (Å²) >= 11 is -3.53. The minimum absolute atomic E-state index is 0. The van der Waals surface area contributed by atoms with Gasteiger partial charge in [0.05, 0.1) is 0 Å². The SMILES string of the molecule is F[C]1(F)[SbH][C](F)(F)C1(F)F.[IH2+]. The Balaban J connectivity index is 0.000001000. The molecule has 68 valence electrons. The molecule has 1 aliphatic heterocycles. The molecule has 0 aromatic carbocycles. The van der Waals surface area contributed by atoms with E-state index in [0.29, 0.717) is 0 Å². The first kappa shape index (κ1) is 12.1. The van der Waals surface area contributed by atoms with E-state index in [0.717, 1.165) is 0 Å². The first-order chi connectivity index (χ1) is 4.21. The molecule has 0 aromatic rings. The van der Waals surface area contributed by atoms with Crippen LogP contribution in [0, 0.1) is 0 Å². The zero-order valence-corrected chi connectivity index (χ0v) is 10.1. The standard InChI is InChI=1S/C3F6.H2I.Sb.H/c4-1(5)3(8,9)2(6)7;;;/h;1H2;;/q;+1;;. The topological polar surface area (TPSA) is 0 Å². The van der Waals surface area contributed by atoms with Crippen LogP contribution in [0.3, 0.4) is 0 Å². The Morgan fingerprint density at radius 2 is 1.00 bits per heavy atom. The molecule has 0 radical (unpaired) electrons. The van der Waals surface area contributed by atoms with E-state index in [-0.39, 0.29) is 24.0 Å². The van der Waals surface area contributed by atoms with Crippen molar-refractivity contribution in [3.05, 3.63) is 0 Å². The molecule has 1 heterocycles. The van der Waals surface area contributed by atoms with Crippen LogP contribution in [-0.4, -0.2) is 35.3 Å². The second kappa shape index (κ2) is 2.82. The van der Waals surface area contributed by atoms with Crippen LogP contribution in [0.2, 0.25) is 0 Å². The molecule has 1 rings (SSSR count). The summed E-state index contributed by atoms with van der Waals surface area (Å²) in [5, 5.41) is 0. The van der Waals surface area contributed by atoms with Crippen LogP contribution in [-0.2, 0) is 0 Å². The third kappa shape index (κ3) is 1.47. The fourth-order valence-electron chi connectivity index (χ4n) is 0.489. The molecular formula is C3H3F6ISb+. The second-order valence-corrected chi connectivity index (χ2v) is 6.15. The van der Waals surface area contributed by atoms with Gasteiger partial charge in [-0.15, -0.1) is 0 Å². The van der Waals surface area contributed by atoms with Gasteiger partial charge in [0.2, 0.25) is 24.0 Å². The molecule has 0 saturated carbocycles. The van der Waals surface area contributed by atoms with Crippen LogP contribution in [0.25, 0.3) is 0 Å². The second-order valence-electron chi connectivity index (χ2n) is 1.85. The first-order valence-corrected chi connectivity index (χ1v) is 4.99. The van der Waals surface area contributed by atoms with E-state index in [4.69, 9.17) is 0 Å². The molecule has 0 aromatic heterocycles. The molecule has 0 amide bonds. The Hall–Kier alpha value is 1.13. The molecule has 0 atom stereocenters. The van der Waals surface area contributed by atoms with E-state index >= 15 is 0 Å². The van der Waals surface area contributed by atoms with Crippen molar-refractivity contribution in [2.24, 2.45) is 0 Å². The quantitative estimate of drug-likeness (QED) is 0.244. The minimum atomic E-state index is -5.08. The average Bonchev–Trinajstić information content (AvgIpc) is 1.61. The number of hydrogen-bond acceptors (Lipinski definition) is 0. The summed E-state index contributed by atoms with van der Waals surface area (Å²) in [5.41, 5.74) is 0. The van der Waals surface area contributed by atoms with E-state index in [1.165, 1.54) is 0 Å². The van der Waals surface area contributed by atoms with Gasteiger partial charge in [-0.05, 0) is 0 Å². The van der Waals surface area contributed by atoms with Crippen LogP contribution in [0.15, 0.2) is 0 Å². The summed E-state index contributed by atoms with van der Waals surface area (Å²) in [5.74, 6) is -5.08. The molecule has 0 bridgehead atoms. The van der Waals surface area contributed by atoms with Gasteiger partial charge >= 0.3 is 61.6 Å². The number of halogens is 7. The Bertz CT molecular complexity index is 151. The number of rotatable bonds is 0. The molecule has 0 N–H and O–H groups in total. The average molecular weight is 402 g/mol. The zero-order chi connectivity index (χ0) is 8.21. The van der Waals surface area contributed by atoms with Crippen LogP contribution in [0.1, 0.15) is 0 Å². The normalized spacial score (nSPS) is 30.0. The maximum absolute atomic E-state index is 11.7. The van der Waals surface area contributed by atoms with Gasteiger partial charge in [0.1, 0.15) is 0 Å². The summed E-state index contributed by atoms with van der Waals surface area (Å²) < 4.78 is 61.2. The van der Waals surface area contributed by atoms with Gasteiger partial charge in [-0.1, -0.05) is 0 Å². The maximum atomic E-state index is 11.7. The first-order valence-electron chi connectivity index (χ1n) is 2.13. The Morgan fingerprint density at radius 1 is 0.727 bits per heavy atom. The molecule has 1 fully saturated rings. The van der Waals surface area contributed by atoms with E-state index in [1.54, 1.807) is 0 Å². The Morgan fingerprint density at radius 3 is 1.00 bits per heavy atom.